The Morgan fingerprint density at radius 3 is 2.70 bits per heavy atom. The number of aromatic nitrogens is 2. The lowest BCUT2D eigenvalue weighted by Gasteiger charge is -2.18. The quantitative estimate of drug-likeness (QED) is 0.445. The Hall–Kier alpha value is -3.29. The second kappa shape index (κ2) is 8.61. The highest BCUT2D eigenvalue weighted by Gasteiger charge is 2.25. The lowest BCUT2D eigenvalue weighted by atomic mass is 10.0. The van der Waals surface area contributed by atoms with Gasteiger partial charge in [0.2, 0.25) is 0 Å². The maximum Gasteiger partial charge on any atom is 0.265 e. The topological polar surface area (TPSA) is 84.2 Å². The second-order valence-corrected chi connectivity index (χ2v) is 7.98. The Bertz CT molecular complexity index is 1230. The van der Waals surface area contributed by atoms with E-state index in [0.29, 0.717) is 17.4 Å². The smallest absolute Gasteiger partial charge is 0.265 e. The minimum Gasteiger partial charge on any atom is -0.506 e. The SMILES string of the molecule is Cn1c(=O)c(C(=O)C[C@H](NCc2ccccn2)c2cccs2)c(O)c2ccccc21. The first kappa shape index (κ1) is 20.0. The van der Waals surface area contributed by atoms with E-state index in [1.165, 1.54) is 15.9 Å². The summed E-state index contributed by atoms with van der Waals surface area (Å²) in [5.74, 6) is -0.654. The van der Waals surface area contributed by atoms with E-state index in [0.717, 1.165) is 10.6 Å². The van der Waals surface area contributed by atoms with Gasteiger partial charge in [0, 0.05) is 42.5 Å². The van der Waals surface area contributed by atoms with Crippen molar-refractivity contribution in [1.29, 1.82) is 0 Å². The Morgan fingerprint density at radius 2 is 1.97 bits per heavy atom. The predicted octanol–water partition coefficient (Wildman–Crippen LogP) is 3.80. The first-order chi connectivity index (χ1) is 14.6. The third-order valence-corrected chi connectivity index (χ3v) is 6.07. The maximum absolute atomic E-state index is 13.2. The molecular weight excluding hydrogens is 398 g/mol. The molecule has 30 heavy (non-hydrogen) atoms. The molecule has 0 saturated carbocycles. The van der Waals surface area contributed by atoms with Gasteiger partial charge in [0.15, 0.2) is 5.78 Å². The molecule has 0 aliphatic rings. The van der Waals surface area contributed by atoms with E-state index in [-0.39, 0.29) is 23.8 Å². The van der Waals surface area contributed by atoms with Gasteiger partial charge in [0.05, 0.1) is 11.2 Å². The molecule has 3 heterocycles. The van der Waals surface area contributed by atoms with E-state index >= 15 is 0 Å². The van der Waals surface area contributed by atoms with Crippen molar-refractivity contribution in [3.05, 3.63) is 92.7 Å². The zero-order valence-electron chi connectivity index (χ0n) is 16.4. The molecule has 2 N–H and O–H groups in total. The van der Waals surface area contributed by atoms with Crippen molar-refractivity contribution in [2.45, 2.75) is 19.0 Å². The van der Waals surface area contributed by atoms with Gasteiger partial charge in [-0.1, -0.05) is 24.3 Å². The summed E-state index contributed by atoms with van der Waals surface area (Å²) < 4.78 is 1.41. The second-order valence-electron chi connectivity index (χ2n) is 7.00. The molecule has 1 aromatic carbocycles. The van der Waals surface area contributed by atoms with Crippen LogP contribution in [0.5, 0.6) is 5.75 Å². The molecule has 0 bridgehead atoms. The van der Waals surface area contributed by atoms with Crippen molar-refractivity contribution in [1.82, 2.24) is 14.9 Å². The summed E-state index contributed by atoms with van der Waals surface area (Å²) in [6, 6.07) is 16.2. The number of aromatic hydroxyl groups is 1. The molecule has 4 aromatic rings. The predicted molar refractivity (Wildman–Crippen MR) is 118 cm³/mol. The Balaban J connectivity index is 1.65. The van der Waals surface area contributed by atoms with Crippen molar-refractivity contribution < 1.29 is 9.90 Å². The van der Waals surface area contributed by atoms with E-state index in [1.807, 2.05) is 35.7 Å². The number of nitrogens with one attached hydrogen (secondary N) is 1. The lowest BCUT2D eigenvalue weighted by Crippen LogP contribution is -2.28. The number of carbonyl (C=O) groups is 1. The molecule has 4 rings (SSSR count). The average molecular weight is 420 g/mol. The molecule has 0 amide bonds. The summed E-state index contributed by atoms with van der Waals surface area (Å²) >= 11 is 1.54. The molecule has 7 heteroatoms. The number of benzene rings is 1. The van der Waals surface area contributed by atoms with E-state index in [9.17, 15) is 14.7 Å². The molecule has 3 aromatic heterocycles. The van der Waals surface area contributed by atoms with Crippen LogP contribution >= 0.6 is 11.3 Å². The molecule has 0 aliphatic heterocycles. The molecule has 0 unspecified atom stereocenters. The van der Waals surface area contributed by atoms with Crippen LogP contribution in [0, 0.1) is 0 Å². The first-order valence-electron chi connectivity index (χ1n) is 9.57. The number of pyridine rings is 2. The standard InChI is InChI=1S/C23H21N3O3S/c1-26-18-9-3-2-8-16(18)22(28)21(23(26)29)19(27)13-17(20-10-6-12-30-20)25-14-15-7-4-5-11-24-15/h2-12,17,25,28H,13-14H2,1H3/t17-/m0/s1. The number of ketones is 1. The van der Waals surface area contributed by atoms with Gasteiger partial charge in [-0.05, 0) is 35.7 Å². The molecule has 0 radical (unpaired) electrons. The number of rotatable bonds is 7. The highest BCUT2D eigenvalue weighted by molar-refractivity contribution is 7.10. The number of thiophene rings is 1. The summed E-state index contributed by atoms with van der Waals surface area (Å²) in [4.78, 5) is 31.3. The van der Waals surface area contributed by atoms with Gasteiger partial charge in [0.25, 0.3) is 5.56 Å². The molecule has 0 saturated heterocycles. The largest absolute Gasteiger partial charge is 0.506 e. The number of hydrogen-bond donors (Lipinski definition) is 2. The van der Waals surface area contributed by atoms with Gasteiger partial charge in [-0.15, -0.1) is 11.3 Å². The minimum absolute atomic E-state index is 0.0501. The number of para-hydroxylation sites is 1. The van der Waals surface area contributed by atoms with Gasteiger partial charge < -0.3 is 15.0 Å². The van der Waals surface area contributed by atoms with Crippen molar-refractivity contribution >= 4 is 28.0 Å². The summed E-state index contributed by atoms with van der Waals surface area (Å²) in [6.07, 6.45) is 1.77. The number of aryl methyl sites for hydroxylation is 1. The van der Waals surface area contributed by atoms with Crippen molar-refractivity contribution in [3.63, 3.8) is 0 Å². The molecule has 0 aliphatic carbocycles. The highest BCUT2D eigenvalue weighted by Crippen LogP contribution is 2.29. The molecule has 1 atom stereocenters. The fourth-order valence-corrected chi connectivity index (χ4v) is 4.31. The molecule has 6 nitrogen and oxygen atoms in total. The Labute approximate surface area is 177 Å². The Morgan fingerprint density at radius 1 is 1.17 bits per heavy atom. The first-order valence-corrected chi connectivity index (χ1v) is 10.4. The van der Waals surface area contributed by atoms with Crippen LogP contribution in [-0.2, 0) is 13.6 Å². The van der Waals surface area contributed by atoms with E-state index in [1.54, 1.807) is 37.5 Å². The summed E-state index contributed by atoms with van der Waals surface area (Å²) in [5, 5.41) is 16.5. The number of hydrogen-bond acceptors (Lipinski definition) is 6. The molecular formula is C23H21N3O3S. The monoisotopic (exact) mass is 419 g/mol. The number of Topliss-reactive ketones (excluding diaryl/α,β-unsaturated/α-hetero) is 1. The number of nitrogens with zero attached hydrogens (tertiary/aromatic N) is 2. The average Bonchev–Trinajstić information content (AvgIpc) is 3.31. The van der Waals surface area contributed by atoms with Crippen LogP contribution in [0.3, 0.4) is 0 Å². The maximum atomic E-state index is 13.2. The van der Waals surface area contributed by atoms with Gasteiger partial charge in [-0.2, -0.15) is 0 Å². The summed E-state index contributed by atoms with van der Waals surface area (Å²) in [7, 11) is 1.61. The summed E-state index contributed by atoms with van der Waals surface area (Å²) in [5.41, 5.74) is 0.777. The van der Waals surface area contributed by atoms with Crippen molar-refractivity contribution in [3.8, 4) is 5.75 Å². The number of fused-ring (bicyclic) bond motifs is 1. The van der Waals surface area contributed by atoms with Crippen LogP contribution < -0.4 is 10.9 Å². The zero-order valence-corrected chi connectivity index (χ0v) is 17.2. The third-order valence-electron chi connectivity index (χ3n) is 5.09. The highest BCUT2D eigenvalue weighted by atomic mass is 32.1. The van der Waals surface area contributed by atoms with Crippen molar-refractivity contribution in [2.75, 3.05) is 0 Å². The molecule has 0 fully saturated rings. The van der Waals surface area contributed by atoms with Crippen LogP contribution in [0.2, 0.25) is 0 Å². The molecule has 152 valence electrons. The van der Waals surface area contributed by atoms with E-state index < -0.39 is 11.3 Å². The fraction of sp³-hybridized carbons (Fsp3) is 0.174. The van der Waals surface area contributed by atoms with Gasteiger partial charge >= 0.3 is 0 Å². The van der Waals surface area contributed by atoms with Crippen LogP contribution in [0.1, 0.15) is 33.4 Å². The molecule has 0 spiro atoms. The fourth-order valence-electron chi connectivity index (χ4n) is 3.51. The normalized spacial score (nSPS) is 12.2. The summed E-state index contributed by atoms with van der Waals surface area (Å²) in [6.45, 7) is 0.485. The van der Waals surface area contributed by atoms with Crippen LogP contribution in [-0.4, -0.2) is 20.4 Å². The van der Waals surface area contributed by atoms with Crippen LogP contribution in [0.25, 0.3) is 10.9 Å². The van der Waals surface area contributed by atoms with Crippen LogP contribution in [0.4, 0.5) is 0 Å². The van der Waals surface area contributed by atoms with Gasteiger partial charge in [-0.25, -0.2) is 0 Å². The van der Waals surface area contributed by atoms with E-state index in [2.05, 4.69) is 10.3 Å². The van der Waals surface area contributed by atoms with Gasteiger partial charge in [0.1, 0.15) is 11.3 Å². The van der Waals surface area contributed by atoms with E-state index in [4.69, 9.17) is 0 Å². The van der Waals surface area contributed by atoms with Gasteiger partial charge in [-0.3, -0.25) is 14.6 Å². The third kappa shape index (κ3) is 3.90. The minimum atomic E-state index is -0.495. The lowest BCUT2D eigenvalue weighted by molar-refractivity contribution is 0.0964. The number of carbonyl (C=O) groups excluding carboxylic acids is 1. The van der Waals surface area contributed by atoms with Crippen LogP contribution in [0.15, 0.2) is 71.0 Å². The Kier molecular flexibility index (Phi) is 5.74. The zero-order chi connectivity index (χ0) is 21.1. The van der Waals surface area contributed by atoms with Crippen molar-refractivity contribution in [2.24, 2.45) is 7.05 Å².